The maximum absolute atomic E-state index is 13.5. The number of rotatable bonds is 5. The summed E-state index contributed by atoms with van der Waals surface area (Å²) in [5, 5.41) is 7.31. The zero-order valence-electron chi connectivity index (χ0n) is 17.4. The Morgan fingerprint density at radius 2 is 1.94 bits per heavy atom. The smallest absolute Gasteiger partial charge is 0.257 e. The molecule has 162 valence electrons. The van der Waals surface area contributed by atoms with E-state index in [0.717, 1.165) is 41.4 Å². The summed E-state index contributed by atoms with van der Waals surface area (Å²) in [7, 11) is 0. The molecule has 2 aliphatic rings. The van der Waals surface area contributed by atoms with Crippen molar-refractivity contribution in [3.63, 3.8) is 0 Å². The number of carbonyl (C=O) groups is 1. The highest BCUT2D eigenvalue weighted by molar-refractivity contribution is 7.18. The van der Waals surface area contributed by atoms with E-state index in [4.69, 9.17) is 13.8 Å². The van der Waals surface area contributed by atoms with E-state index in [0.29, 0.717) is 18.7 Å². The summed E-state index contributed by atoms with van der Waals surface area (Å²) in [6.07, 6.45) is 5.88. The van der Waals surface area contributed by atoms with Crippen LogP contribution in [0.15, 0.2) is 75.0 Å². The molecule has 3 aromatic heterocycles. The Morgan fingerprint density at radius 3 is 2.75 bits per heavy atom. The molecule has 0 radical (unpaired) electrons. The number of likely N-dealkylation sites (tertiary alicyclic amines) is 1. The first kappa shape index (κ1) is 19.5. The van der Waals surface area contributed by atoms with Gasteiger partial charge in [-0.3, -0.25) is 9.69 Å². The van der Waals surface area contributed by atoms with Crippen LogP contribution in [-0.4, -0.2) is 39.6 Å². The molecule has 4 aromatic rings. The lowest BCUT2D eigenvalue weighted by Crippen LogP contribution is -2.38. The highest BCUT2D eigenvalue weighted by Gasteiger charge is 2.38. The van der Waals surface area contributed by atoms with Crippen molar-refractivity contribution in [2.24, 2.45) is 5.10 Å². The number of carbonyl (C=O) groups excluding carboxylic acids is 1. The van der Waals surface area contributed by atoms with E-state index < -0.39 is 0 Å². The lowest BCUT2D eigenvalue weighted by atomic mass is 10.1. The third kappa shape index (κ3) is 3.45. The molecule has 1 aromatic carbocycles. The van der Waals surface area contributed by atoms with Crippen molar-refractivity contribution in [1.82, 2.24) is 14.9 Å². The molecule has 6 rings (SSSR count). The molecule has 32 heavy (non-hydrogen) atoms. The molecule has 8 heteroatoms. The van der Waals surface area contributed by atoms with Crippen molar-refractivity contribution < 1.29 is 13.6 Å². The van der Waals surface area contributed by atoms with Crippen molar-refractivity contribution in [2.75, 3.05) is 13.1 Å². The zero-order chi connectivity index (χ0) is 21.5. The number of nitrogens with zero attached hydrogens (tertiary/aromatic N) is 4. The predicted molar refractivity (Wildman–Crippen MR) is 121 cm³/mol. The lowest BCUT2D eigenvalue weighted by molar-refractivity contribution is -0.134. The van der Waals surface area contributed by atoms with Crippen molar-refractivity contribution in [3.05, 3.63) is 77.6 Å². The first-order valence-electron chi connectivity index (χ1n) is 10.8. The second-order valence-corrected chi connectivity index (χ2v) is 9.21. The van der Waals surface area contributed by atoms with Gasteiger partial charge in [0.1, 0.15) is 28.3 Å². The number of para-hydroxylation sites is 1. The quantitative estimate of drug-likeness (QED) is 0.431. The Hall–Kier alpha value is -3.23. The van der Waals surface area contributed by atoms with E-state index in [9.17, 15) is 4.79 Å². The molecule has 5 heterocycles. The van der Waals surface area contributed by atoms with Gasteiger partial charge in [0.15, 0.2) is 0 Å². The maximum Gasteiger partial charge on any atom is 0.257 e. The highest BCUT2D eigenvalue weighted by atomic mass is 32.1. The van der Waals surface area contributed by atoms with Crippen LogP contribution in [-0.2, 0) is 4.79 Å². The van der Waals surface area contributed by atoms with E-state index in [1.165, 1.54) is 4.70 Å². The second-order valence-electron chi connectivity index (χ2n) is 8.15. The van der Waals surface area contributed by atoms with Crippen LogP contribution in [0, 0.1) is 0 Å². The third-order valence-corrected chi connectivity index (χ3v) is 7.28. The molecule has 0 aliphatic carbocycles. The van der Waals surface area contributed by atoms with Crippen molar-refractivity contribution >= 4 is 33.2 Å². The van der Waals surface area contributed by atoms with Crippen LogP contribution in [0.5, 0.6) is 0 Å². The Kier molecular flexibility index (Phi) is 4.88. The van der Waals surface area contributed by atoms with Crippen molar-refractivity contribution in [3.8, 4) is 0 Å². The van der Waals surface area contributed by atoms with Gasteiger partial charge in [-0.2, -0.15) is 5.10 Å². The first-order chi connectivity index (χ1) is 15.8. The van der Waals surface area contributed by atoms with Crippen LogP contribution < -0.4 is 0 Å². The van der Waals surface area contributed by atoms with Gasteiger partial charge in [-0.1, -0.05) is 12.1 Å². The van der Waals surface area contributed by atoms with E-state index in [2.05, 4.69) is 16.1 Å². The molecule has 2 aliphatic heterocycles. The standard InChI is InChI=1S/C24H22N4O3S/c29-23(15-27-11-3-7-18(27)24-25-16-6-1-2-10-22(16)32-24)28-19(21-9-5-13-31-21)14-17(26-28)20-8-4-12-30-20/h1-2,4-6,8-10,12-13,18-19H,3,7,11,14-15H2/t18-,19-/m1/s1. The largest absolute Gasteiger partial charge is 0.467 e. The summed E-state index contributed by atoms with van der Waals surface area (Å²) in [5.41, 5.74) is 1.78. The molecule has 1 fully saturated rings. The summed E-state index contributed by atoms with van der Waals surface area (Å²) in [6, 6.07) is 15.5. The van der Waals surface area contributed by atoms with E-state index in [1.54, 1.807) is 28.9 Å². The number of fused-ring (bicyclic) bond motifs is 1. The Balaban J connectivity index is 1.25. The zero-order valence-corrected chi connectivity index (χ0v) is 18.2. The van der Waals surface area contributed by atoms with Crippen LogP contribution >= 0.6 is 11.3 Å². The fourth-order valence-corrected chi connectivity index (χ4v) is 5.75. The summed E-state index contributed by atoms with van der Waals surface area (Å²) in [6.45, 7) is 1.17. The number of amides is 1. The predicted octanol–water partition coefficient (Wildman–Crippen LogP) is 5.00. The molecule has 0 N–H and O–H groups in total. The first-order valence-corrected chi connectivity index (χ1v) is 11.6. The van der Waals surface area contributed by atoms with E-state index >= 15 is 0 Å². The van der Waals surface area contributed by atoms with E-state index in [-0.39, 0.29) is 18.0 Å². The van der Waals surface area contributed by atoms with Gasteiger partial charge in [-0.25, -0.2) is 9.99 Å². The molecule has 2 atom stereocenters. The van der Waals surface area contributed by atoms with Crippen LogP contribution in [0.25, 0.3) is 10.2 Å². The average molecular weight is 447 g/mol. The fraction of sp³-hybridized carbons (Fsp3) is 0.292. The monoisotopic (exact) mass is 446 g/mol. The molecular weight excluding hydrogens is 424 g/mol. The van der Waals surface area contributed by atoms with Crippen LogP contribution in [0.3, 0.4) is 0 Å². The number of benzene rings is 1. The van der Waals surface area contributed by atoms with Crippen molar-refractivity contribution in [2.45, 2.75) is 31.3 Å². The molecule has 0 bridgehead atoms. The molecular formula is C24H22N4O3S. The topological polar surface area (TPSA) is 75.1 Å². The number of hydrogen-bond acceptors (Lipinski definition) is 7. The van der Waals surface area contributed by atoms with Gasteiger partial charge in [-0.15, -0.1) is 11.3 Å². The summed E-state index contributed by atoms with van der Waals surface area (Å²) in [5.74, 6) is 1.37. The van der Waals surface area contributed by atoms with Gasteiger partial charge in [0.05, 0.1) is 35.3 Å². The minimum Gasteiger partial charge on any atom is -0.467 e. The molecule has 0 saturated carbocycles. The number of hydrazone groups is 1. The van der Waals surface area contributed by atoms with Gasteiger partial charge in [0, 0.05) is 6.42 Å². The molecule has 1 saturated heterocycles. The van der Waals surface area contributed by atoms with Gasteiger partial charge < -0.3 is 8.83 Å². The highest BCUT2D eigenvalue weighted by Crippen LogP contribution is 2.38. The Morgan fingerprint density at radius 1 is 1.06 bits per heavy atom. The minimum absolute atomic E-state index is 0.0408. The number of aromatic nitrogens is 1. The summed E-state index contributed by atoms with van der Waals surface area (Å²) >= 11 is 1.72. The maximum atomic E-state index is 13.5. The average Bonchev–Trinajstić information content (AvgIpc) is 3.61. The Bertz CT molecular complexity index is 1230. The van der Waals surface area contributed by atoms with Gasteiger partial charge >= 0.3 is 0 Å². The van der Waals surface area contributed by atoms with Crippen molar-refractivity contribution in [1.29, 1.82) is 0 Å². The van der Waals surface area contributed by atoms with Crippen LogP contribution in [0.1, 0.15) is 47.9 Å². The van der Waals surface area contributed by atoms with E-state index in [1.807, 2.05) is 42.5 Å². The third-order valence-electron chi connectivity index (χ3n) is 6.14. The van der Waals surface area contributed by atoms with Gasteiger partial charge in [0.2, 0.25) is 0 Å². The van der Waals surface area contributed by atoms with Gasteiger partial charge in [-0.05, 0) is 55.8 Å². The lowest BCUT2D eigenvalue weighted by Gasteiger charge is -2.26. The number of thiazole rings is 1. The second kappa shape index (κ2) is 8.03. The SMILES string of the molecule is O=C(CN1CCC[C@@H]1c1nc2ccccc2s1)N1N=C(c2ccco2)C[C@@H]1c1ccco1. The summed E-state index contributed by atoms with van der Waals surface area (Å²) < 4.78 is 12.4. The number of hydrogen-bond donors (Lipinski definition) is 0. The van der Waals surface area contributed by atoms with Crippen LogP contribution in [0.2, 0.25) is 0 Å². The fourth-order valence-electron chi connectivity index (χ4n) is 4.61. The molecule has 0 spiro atoms. The molecule has 1 amide bonds. The normalized spacial score (nSPS) is 21.5. The van der Waals surface area contributed by atoms with Gasteiger partial charge in [0.25, 0.3) is 5.91 Å². The molecule has 0 unspecified atom stereocenters. The number of furan rings is 2. The molecule has 7 nitrogen and oxygen atoms in total. The van der Waals surface area contributed by atoms with Crippen LogP contribution in [0.4, 0.5) is 0 Å². The minimum atomic E-state index is -0.263. The Labute approximate surface area is 188 Å². The summed E-state index contributed by atoms with van der Waals surface area (Å²) in [4.78, 5) is 20.5.